The third kappa shape index (κ3) is 3.52. The second kappa shape index (κ2) is 6.13. The molecule has 0 bridgehead atoms. The van der Waals surface area contributed by atoms with Gasteiger partial charge in [0, 0.05) is 0 Å². The van der Waals surface area contributed by atoms with E-state index in [2.05, 4.69) is 5.32 Å². The molecule has 1 amide bonds. The van der Waals surface area contributed by atoms with Crippen molar-refractivity contribution < 1.29 is 24.2 Å². The van der Waals surface area contributed by atoms with Crippen LogP contribution in [0.4, 0.5) is 0 Å². The Morgan fingerprint density at radius 2 is 2.10 bits per heavy atom. The van der Waals surface area contributed by atoms with Crippen LogP contribution in [0.25, 0.3) is 0 Å². The highest BCUT2D eigenvalue weighted by Gasteiger charge is 2.47. The first-order valence-electron chi connectivity index (χ1n) is 6.72. The fraction of sp³-hybridized carbons (Fsp3) is 0.467. The fourth-order valence-electron chi connectivity index (χ4n) is 2.10. The van der Waals surface area contributed by atoms with Gasteiger partial charge in [-0.3, -0.25) is 9.59 Å². The number of aliphatic carboxylic acids is 1. The molecule has 0 aliphatic carbocycles. The van der Waals surface area contributed by atoms with Crippen LogP contribution in [0.2, 0.25) is 0 Å². The molecule has 2 atom stereocenters. The van der Waals surface area contributed by atoms with Gasteiger partial charge in [0.05, 0.1) is 19.3 Å². The van der Waals surface area contributed by atoms with Crippen molar-refractivity contribution in [3.63, 3.8) is 0 Å². The van der Waals surface area contributed by atoms with Crippen LogP contribution in [-0.4, -0.2) is 42.8 Å². The Morgan fingerprint density at radius 3 is 2.71 bits per heavy atom. The Labute approximate surface area is 123 Å². The Morgan fingerprint density at radius 1 is 1.43 bits per heavy atom. The highest BCUT2D eigenvalue weighted by Crippen LogP contribution is 2.28. The van der Waals surface area contributed by atoms with E-state index in [1.807, 2.05) is 19.1 Å². The highest BCUT2D eigenvalue weighted by molar-refractivity contribution is 5.81. The molecule has 6 heteroatoms. The number of carbonyl (C=O) groups is 2. The average molecular weight is 293 g/mol. The van der Waals surface area contributed by atoms with Crippen LogP contribution in [0.15, 0.2) is 24.3 Å². The van der Waals surface area contributed by atoms with Crippen LogP contribution in [0.5, 0.6) is 5.75 Å². The summed E-state index contributed by atoms with van der Waals surface area (Å²) < 4.78 is 10.5. The summed E-state index contributed by atoms with van der Waals surface area (Å²) >= 11 is 0. The van der Waals surface area contributed by atoms with Gasteiger partial charge in [-0.15, -0.1) is 0 Å². The molecule has 0 radical (unpaired) electrons. The van der Waals surface area contributed by atoms with Crippen LogP contribution in [0, 0.1) is 12.3 Å². The van der Waals surface area contributed by atoms with Gasteiger partial charge in [-0.2, -0.15) is 0 Å². The van der Waals surface area contributed by atoms with E-state index in [1.165, 1.54) is 0 Å². The largest absolute Gasteiger partial charge is 0.484 e. The standard InChI is InChI=1S/C15H19NO5/c1-10-3-5-11(6-4-10)21-8-13(17)16-12-7-20-9-15(12,2)14(18)19/h3-6,12H,7-9H2,1-2H3,(H,16,17)(H,18,19). The van der Waals surface area contributed by atoms with Crippen LogP contribution in [0.3, 0.4) is 0 Å². The Hall–Kier alpha value is -2.08. The van der Waals surface area contributed by atoms with Crippen molar-refractivity contribution in [2.75, 3.05) is 19.8 Å². The molecule has 1 aromatic rings. The van der Waals surface area contributed by atoms with Gasteiger partial charge in [-0.1, -0.05) is 17.7 Å². The number of hydrogen-bond donors (Lipinski definition) is 2. The number of carbonyl (C=O) groups excluding carboxylic acids is 1. The van der Waals surface area contributed by atoms with Gasteiger partial charge < -0.3 is 19.9 Å². The molecule has 0 spiro atoms. The van der Waals surface area contributed by atoms with Gasteiger partial charge in [-0.05, 0) is 26.0 Å². The van der Waals surface area contributed by atoms with Crippen molar-refractivity contribution in [3.05, 3.63) is 29.8 Å². The predicted octanol–water partition coefficient (Wildman–Crippen LogP) is 0.980. The van der Waals surface area contributed by atoms with Gasteiger partial charge in [0.1, 0.15) is 11.2 Å². The summed E-state index contributed by atoms with van der Waals surface area (Å²) in [6.07, 6.45) is 0. The summed E-state index contributed by atoms with van der Waals surface area (Å²) in [6.45, 7) is 3.65. The lowest BCUT2D eigenvalue weighted by molar-refractivity contribution is -0.149. The topological polar surface area (TPSA) is 84.9 Å². The van der Waals surface area contributed by atoms with Gasteiger partial charge in [0.25, 0.3) is 5.91 Å². The summed E-state index contributed by atoms with van der Waals surface area (Å²) in [6, 6.07) is 6.79. The maximum atomic E-state index is 11.9. The number of nitrogens with one attached hydrogen (secondary N) is 1. The lowest BCUT2D eigenvalue weighted by Crippen LogP contribution is -2.50. The first-order valence-corrected chi connectivity index (χ1v) is 6.72. The van der Waals surface area contributed by atoms with Crippen molar-refractivity contribution in [3.8, 4) is 5.75 Å². The first kappa shape index (κ1) is 15.3. The van der Waals surface area contributed by atoms with Crippen molar-refractivity contribution in [1.82, 2.24) is 5.32 Å². The van der Waals surface area contributed by atoms with E-state index in [0.717, 1.165) is 5.56 Å². The number of aryl methyl sites for hydroxylation is 1. The van der Waals surface area contributed by atoms with Crippen LogP contribution in [-0.2, 0) is 14.3 Å². The molecule has 21 heavy (non-hydrogen) atoms. The zero-order valence-electron chi connectivity index (χ0n) is 12.1. The normalized spacial score (nSPS) is 24.6. The van der Waals surface area contributed by atoms with E-state index >= 15 is 0 Å². The van der Waals surface area contributed by atoms with Gasteiger partial charge in [0.2, 0.25) is 0 Å². The Kier molecular flexibility index (Phi) is 4.47. The minimum atomic E-state index is -1.10. The van der Waals surface area contributed by atoms with E-state index in [-0.39, 0.29) is 25.7 Å². The quantitative estimate of drug-likeness (QED) is 0.845. The molecule has 0 saturated carbocycles. The third-order valence-corrected chi connectivity index (χ3v) is 3.67. The third-order valence-electron chi connectivity index (χ3n) is 3.67. The maximum Gasteiger partial charge on any atom is 0.313 e. The summed E-state index contributed by atoms with van der Waals surface area (Å²) in [5, 5.41) is 11.9. The summed E-state index contributed by atoms with van der Waals surface area (Å²) in [7, 11) is 0. The smallest absolute Gasteiger partial charge is 0.313 e. The number of hydrogen-bond acceptors (Lipinski definition) is 4. The molecular weight excluding hydrogens is 274 g/mol. The van der Waals surface area contributed by atoms with E-state index in [9.17, 15) is 14.7 Å². The van der Waals surface area contributed by atoms with Crippen LogP contribution in [0.1, 0.15) is 12.5 Å². The van der Waals surface area contributed by atoms with Gasteiger partial charge >= 0.3 is 5.97 Å². The van der Waals surface area contributed by atoms with Crippen molar-refractivity contribution in [2.24, 2.45) is 5.41 Å². The molecule has 1 fully saturated rings. The molecule has 2 unspecified atom stereocenters. The predicted molar refractivity (Wildman–Crippen MR) is 75.2 cm³/mol. The van der Waals surface area contributed by atoms with Crippen LogP contribution < -0.4 is 10.1 Å². The van der Waals surface area contributed by atoms with Crippen molar-refractivity contribution in [2.45, 2.75) is 19.9 Å². The zero-order chi connectivity index (χ0) is 15.5. The number of benzene rings is 1. The second-order valence-electron chi connectivity index (χ2n) is 5.46. The minimum Gasteiger partial charge on any atom is -0.484 e. The molecule has 1 saturated heterocycles. The summed E-state index contributed by atoms with van der Waals surface area (Å²) in [5.74, 6) is -0.747. The van der Waals surface area contributed by atoms with E-state index in [1.54, 1.807) is 19.1 Å². The summed E-state index contributed by atoms with van der Waals surface area (Å²) in [5.41, 5.74) is 0.00613. The molecule has 2 N–H and O–H groups in total. The lowest BCUT2D eigenvalue weighted by atomic mass is 9.85. The lowest BCUT2D eigenvalue weighted by Gasteiger charge is -2.25. The maximum absolute atomic E-state index is 11.9. The molecule has 1 heterocycles. The van der Waals surface area contributed by atoms with Crippen LogP contribution >= 0.6 is 0 Å². The van der Waals surface area contributed by atoms with Crippen molar-refractivity contribution in [1.29, 1.82) is 0 Å². The molecule has 6 nitrogen and oxygen atoms in total. The monoisotopic (exact) mass is 293 g/mol. The molecule has 1 aromatic carbocycles. The average Bonchev–Trinajstić information content (AvgIpc) is 2.81. The van der Waals surface area contributed by atoms with E-state index in [4.69, 9.17) is 9.47 Å². The highest BCUT2D eigenvalue weighted by atomic mass is 16.5. The molecule has 0 aromatic heterocycles. The van der Waals surface area contributed by atoms with E-state index in [0.29, 0.717) is 5.75 Å². The minimum absolute atomic E-state index is 0.0894. The number of amides is 1. The molecule has 114 valence electrons. The molecular formula is C15H19NO5. The molecule has 1 aliphatic rings. The Balaban J connectivity index is 1.87. The Bertz CT molecular complexity index is 527. The van der Waals surface area contributed by atoms with Gasteiger partial charge in [-0.25, -0.2) is 0 Å². The number of ether oxygens (including phenoxy) is 2. The fourth-order valence-corrected chi connectivity index (χ4v) is 2.10. The second-order valence-corrected chi connectivity index (χ2v) is 5.46. The molecule has 1 aliphatic heterocycles. The van der Waals surface area contributed by atoms with Gasteiger partial charge in [0.15, 0.2) is 6.61 Å². The SMILES string of the molecule is Cc1ccc(OCC(=O)NC2COCC2(C)C(=O)O)cc1. The first-order chi connectivity index (χ1) is 9.91. The number of carboxylic acids is 1. The van der Waals surface area contributed by atoms with Crippen molar-refractivity contribution >= 4 is 11.9 Å². The number of carboxylic acid groups (broad SMARTS) is 1. The number of rotatable bonds is 5. The zero-order valence-corrected chi connectivity index (χ0v) is 12.1. The van der Waals surface area contributed by atoms with E-state index < -0.39 is 17.4 Å². The summed E-state index contributed by atoms with van der Waals surface area (Å²) in [4.78, 5) is 23.1. The molecule has 2 rings (SSSR count).